The lowest BCUT2D eigenvalue weighted by molar-refractivity contribution is -0.139. The molecule has 2 aliphatic rings. The highest BCUT2D eigenvalue weighted by Crippen LogP contribution is 2.43. The fraction of sp³-hybridized carbons (Fsp3) is 0.214. The largest absolute Gasteiger partial charge is 0.446 e. The van der Waals surface area contributed by atoms with Crippen molar-refractivity contribution in [2.24, 2.45) is 15.7 Å². The van der Waals surface area contributed by atoms with Crippen molar-refractivity contribution >= 4 is 27.9 Å². The van der Waals surface area contributed by atoms with Crippen LogP contribution in [0.15, 0.2) is 82.8 Å². The van der Waals surface area contributed by atoms with Gasteiger partial charge in [-0.25, -0.2) is 4.99 Å². The number of carbonyl (C=O) groups excluding carboxylic acids is 1. The van der Waals surface area contributed by atoms with E-state index in [0.717, 1.165) is 30.0 Å². The number of nitriles is 1. The number of amidine groups is 1. The molecule has 0 spiro atoms. The normalized spacial score (nSPS) is 18.4. The van der Waals surface area contributed by atoms with E-state index in [1.165, 1.54) is 12.1 Å². The molecule has 10 nitrogen and oxygen atoms in total. The highest BCUT2D eigenvalue weighted by Gasteiger charge is 2.49. The monoisotopic (exact) mass is 543 g/mol. The maximum absolute atomic E-state index is 12.2. The Kier molecular flexibility index (Phi) is 6.80. The fourth-order valence-corrected chi connectivity index (χ4v) is 5.51. The maximum Gasteiger partial charge on any atom is 0.345 e. The minimum absolute atomic E-state index is 0.0560. The Bertz CT molecular complexity index is 1640. The minimum Gasteiger partial charge on any atom is -0.446 e. The molecule has 11 heteroatoms. The van der Waals surface area contributed by atoms with Gasteiger partial charge in [-0.2, -0.15) is 13.7 Å². The van der Waals surface area contributed by atoms with Crippen LogP contribution in [0.4, 0.5) is 0 Å². The lowest BCUT2D eigenvalue weighted by atomic mass is 9.81. The van der Waals surface area contributed by atoms with Gasteiger partial charge in [0.1, 0.15) is 11.6 Å². The average Bonchev–Trinajstić information content (AvgIpc) is 3.25. The van der Waals surface area contributed by atoms with Gasteiger partial charge < -0.3 is 14.7 Å². The first-order valence-electron chi connectivity index (χ1n) is 12.2. The molecule has 0 saturated carbocycles. The molecule has 1 atom stereocenters. The number of guanidine groups is 1. The van der Waals surface area contributed by atoms with Crippen LogP contribution in [-0.2, 0) is 25.2 Å². The van der Waals surface area contributed by atoms with Crippen LogP contribution in [0.2, 0.25) is 0 Å². The van der Waals surface area contributed by atoms with E-state index in [4.69, 9.17) is 19.9 Å². The number of nitrogens with two attached hydrogens (primary N) is 1. The summed E-state index contributed by atoms with van der Waals surface area (Å²) in [6.45, 7) is 2.41. The molecule has 2 heterocycles. The molecule has 0 aliphatic carbocycles. The van der Waals surface area contributed by atoms with E-state index in [-0.39, 0.29) is 5.75 Å². The van der Waals surface area contributed by atoms with Crippen LogP contribution < -0.4 is 9.92 Å². The summed E-state index contributed by atoms with van der Waals surface area (Å²) in [5.74, 6) is -0.531. The summed E-state index contributed by atoms with van der Waals surface area (Å²) < 4.78 is 34.1. The van der Waals surface area contributed by atoms with Crippen molar-refractivity contribution in [1.29, 1.82) is 5.26 Å². The third-order valence-electron chi connectivity index (χ3n) is 6.45. The second-order valence-electron chi connectivity index (χ2n) is 9.08. The maximum atomic E-state index is 12.2. The summed E-state index contributed by atoms with van der Waals surface area (Å²) in [6, 6.07) is 23.8. The Morgan fingerprint density at radius 1 is 1.08 bits per heavy atom. The number of hydrogen-bond acceptors (Lipinski definition) is 10. The van der Waals surface area contributed by atoms with E-state index in [2.05, 4.69) is 10.8 Å². The number of hydrogen-bond donors (Lipinski definition) is 1. The lowest BCUT2D eigenvalue weighted by Crippen LogP contribution is -2.46. The first kappa shape index (κ1) is 25.9. The lowest BCUT2D eigenvalue weighted by Gasteiger charge is -2.33. The number of esters is 1. The van der Waals surface area contributed by atoms with Gasteiger partial charge in [0.2, 0.25) is 5.94 Å². The van der Waals surface area contributed by atoms with E-state index >= 15 is 0 Å². The van der Waals surface area contributed by atoms with Crippen molar-refractivity contribution in [3.8, 4) is 22.9 Å². The third-order valence-corrected chi connectivity index (χ3v) is 7.30. The van der Waals surface area contributed by atoms with Gasteiger partial charge in [0.15, 0.2) is 11.5 Å². The summed E-state index contributed by atoms with van der Waals surface area (Å²) in [4.78, 5) is 22.7. The van der Waals surface area contributed by atoms with Gasteiger partial charge in [-0.1, -0.05) is 42.5 Å². The second kappa shape index (κ2) is 10.2. The zero-order valence-corrected chi connectivity index (χ0v) is 21.9. The predicted molar refractivity (Wildman–Crippen MR) is 145 cm³/mol. The Morgan fingerprint density at radius 2 is 1.79 bits per heavy atom. The summed E-state index contributed by atoms with van der Waals surface area (Å²) >= 11 is 0. The van der Waals surface area contributed by atoms with E-state index in [1.54, 1.807) is 18.2 Å². The Balaban J connectivity index is 1.59. The van der Waals surface area contributed by atoms with Crippen LogP contribution in [0.25, 0.3) is 11.1 Å². The molecule has 2 aliphatic heterocycles. The van der Waals surface area contributed by atoms with Crippen molar-refractivity contribution in [2.75, 3.05) is 19.0 Å². The Morgan fingerprint density at radius 3 is 2.51 bits per heavy atom. The highest BCUT2D eigenvalue weighted by atomic mass is 32.2. The van der Waals surface area contributed by atoms with Crippen molar-refractivity contribution in [2.45, 2.75) is 18.9 Å². The van der Waals surface area contributed by atoms with E-state index < -0.39 is 27.6 Å². The highest BCUT2D eigenvalue weighted by molar-refractivity contribution is 7.86. The van der Waals surface area contributed by atoms with Gasteiger partial charge in [0.05, 0.1) is 11.6 Å². The van der Waals surface area contributed by atoms with Gasteiger partial charge in [-0.3, -0.25) is 14.7 Å². The number of rotatable bonds is 7. The molecular formula is C28H25N5O5S. The Hall–Kier alpha value is -4.69. The zero-order chi connectivity index (χ0) is 27.6. The number of benzene rings is 3. The number of nitrogens with zero attached hydrogens (tertiary/aromatic N) is 4. The first-order valence-corrected chi connectivity index (χ1v) is 13.7. The number of fused-ring (bicyclic) bond motifs is 1. The summed E-state index contributed by atoms with van der Waals surface area (Å²) in [7, 11) is -4.14. The molecule has 0 fully saturated rings. The molecule has 1 unspecified atom stereocenters. The number of carbonyl (C=O) groups is 1. The fourth-order valence-electron chi connectivity index (χ4n) is 4.74. The van der Waals surface area contributed by atoms with Crippen molar-refractivity contribution < 1.29 is 22.1 Å². The summed E-state index contributed by atoms with van der Waals surface area (Å²) in [5.41, 5.74) is 9.18. The molecule has 3 aromatic rings. The topological polar surface area (TPSA) is 147 Å². The second-order valence-corrected chi connectivity index (χ2v) is 10.6. The summed E-state index contributed by atoms with van der Waals surface area (Å²) in [5, 5.41) is 9.36. The molecule has 5 rings (SSSR count). The van der Waals surface area contributed by atoms with Crippen molar-refractivity contribution in [1.82, 2.24) is 4.90 Å². The van der Waals surface area contributed by atoms with E-state index in [9.17, 15) is 18.5 Å². The van der Waals surface area contributed by atoms with E-state index in [1.807, 2.05) is 47.4 Å². The van der Waals surface area contributed by atoms with Crippen molar-refractivity contribution in [3.63, 3.8) is 0 Å². The molecule has 39 heavy (non-hydrogen) atoms. The molecule has 2 N–H and O–H groups in total. The molecule has 0 radical (unpaired) electrons. The quantitative estimate of drug-likeness (QED) is 0.353. The van der Waals surface area contributed by atoms with Crippen LogP contribution in [0.3, 0.4) is 0 Å². The first-order chi connectivity index (χ1) is 18.7. The zero-order valence-electron chi connectivity index (χ0n) is 21.1. The molecule has 0 bridgehead atoms. The van der Waals surface area contributed by atoms with Crippen LogP contribution in [0.5, 0.6) is 5.75 Å². The molecule has 3 aromatic carbocycles. The van der Waals surface area contributed by atoms with Gasteiger partial charge >= 0.3 is 16.1 Å². The average molecular weight is 544 g/mol. The predicted octanol–water partition coefficient (Wildman–Crippen LogP) is 3.13. The number of ether oxygens (including phenoxy) is 1. The van der Waals surface area contributed by atoms with Crippen LogP contribution in [-0.4, -0.2) is 50.1 Å². The van der Waals surface area contributed by atoms with Crippen LogP contribution in [0.1, 0.15) is 30.0 Å². The van der Waals surface area contributed by atoms with Crippen LogP contribution in [0, 0.1) is 11.3 Å². The number of aliphatic imine (C=N–C) groups is 2. The van der Waals surface area contributed by atoms with Crippen LogP contribution >= 0.6 is 0 Å². The van der Waals surface area contributed by atoms with Crippen molar-refractivity contribution in [3.05, 3.63) is 89.5 Å². The molecule has 198 valence electrons. The van der Waals surface area contributed by atoms with Gasteiger partial charge in [-0.05, 0) is 59.0 Å². The minimum atomic E-state index is -4.14. The molecule has 0 aromatic heterocycles. The molecule has 0 saturated heterocycles. The van der Waals surface area contributed by atoms with E-state index in [0.29, 0.717) is 36.0 Å². The standard InChI is InChI=1S/C28H25N5O5S/c1-19(34)37-18-39(35,36)38-25-11-9-23(10-12-25)28(26-31-13-4-14-33(26)27(30)32-28)24-8-3-7-22(16-24)21-6-2-5-20(15-21)17-29/h2-3,5-12,15-16H,4,13-14,18H2,1H3,(H2,30,32). The SMILES string of the molecule is CC(=O)OCS(=O)(=O)Oc1ccc(C2(c3cccc(-c4cccc(C#N)c4)c3)N=C(N)N3CCCN=C32)cc1. The van der Waals surface area contributed by atoms with Gasteiger partial charge in [0.25, 0.3) is 0 Å². The van der Waals surface area contributed by atoms with Gasteiger partial charge in [-0.15, -0.1) is 0 Å². The Labute approximate surface area is 226 Å². The van der Waals surface area contributed by atoms with Gasteiger partial charge in [0, 0.05) is 20.0 Å². The summed E-state index contributed by atoms with van der Waals surface area (Å²) in [6.07, 6.45) is 0.837. The smallest absolute Gasteiger partial charge is 0.345 e. The third kappa shape index (κ3) is 5.06. The molecular weight excluding hydrogens is 518 g/mol. The molecule has 0 amide bonds.